The van der Waals surface area contributed by atoms with Gasteiger partial charge in [0.25, 0.3) is 11.8 Å². The summed E-state index contributed by atoms with van der Waals surface area (Å²) in [5.41, 5.74) is 14.8. The third-order valence-electron chi connectivity index (χ3n) is 6.17. The fourth-order valence-corrected chi connectivity index (χ4v) is 4.70. The number of hydrogen-bond acceptors (Lipinski definition) is 7. The van der Waals surface area contributed by atoms with Crippen LogP contribution in [0.25, 0.3) is 0 Å². The summed E-state index contributed by atoms with van der Waals surface area (Å²) in [5, 5.41) is 12.8. The Morgan fingerprint density at radius 3 is 2.29 bits per heavy atom. The van der Waals surface area contributed by atoms with E-state index in [1.165, 1.54) is 17.0 Å². The molecule has 1 aromatic heterocycles. The normalized spacial score (nSPS) is 11.5. The monoisotopic (exact) mass is 529 g/mol. The summed E-state index contributed by atoms with van der Waals surface area (Å²) in [6.07, 6.45) is 0. The number of aryl methyl sites for hydroxylation is 2. The van der Waals surface area contributed by atoms with Crippen molar-refractivity contribution in [2.45, 2.75) is 26.4 Å². The van der Waals surface area contributed by atoms with Crippen LogP contribution in [0.15, 0.2) is 72.8 Å². The number of phenols is 1. The molecule has 0 radical (unpaired) electrons. The number of amides is 3. The van der Waals surface area contributed by atoms with Crippen LogP contribution in [0.5, 0.6) is 5.75 Å². The molecule has 0 fully saturated rings. The van der Waals surface area contributed by atoms with E-state index in [9.17, 15) is 19.5 Å². The lowest BCUT2D eigenvalue weighted by Crippen LogP contribution is -2.44. The van der Waals surface area contributed by atoms with Crippen molar-refractivity contribution in [1.29, 1.82) is 0 Å². The van der Waals surface area contributed by atoms with Gasteiger partial charge in [0, 0.05) is 12.2 Å². The van der Waals surface area contributed by atoms with E-state index in [2.05, 4.69) is 9.69 Å². The Balaban J connectivity index is 1.85. The summed E-state index contributed by atoms with van der Waals surface area (Å²) in [5.74, 6) is -1.92. The van der Waals surface area contributed by atoms with E-state index in [1.54, 1.807) is 24.3 Å². The van der Waals surface area contributed by atoms with Crippen molar-refractivity contribution in [3.05, 3.63) is 106 Å². The number of aromatic nitrogens is 1. The first-order chi connectivity index (χ1) is 18.2. The number of anilines is 2. The van der Waals surface area contributed by atoms with Crippen molar-refractivity contribution in [3.63, 3.8) is 0 Å². The van der Waals surface area contributed by atoms with Crippen LogP contribution < -0.4 is 21.7 Å². The molecule has 3 aromatic carbocycles. The lowest BCUT2D eigenvalue weighted by Gasteiger charge is -2.31. The molecule has 0 aliphatic carbocycles. The number of nitrogens with one attached hydrogen (secondary N) is 1. The van der Waals surface area contributed by atoms with Gasteiger partial charge in [0.05, 0.1) is 5.69 Å². The third kappa shape index (κ3) is 5.50. The minimum Gasteiger partial charge on any atom is -0.508 e. The Labute approximate surface area is 223 Å². The van der Waals surface area contributed by atoms with Crippen molar-refractivity contribution in [3.8, 4) is 5.75 Å². The maximum atomic E-state index is 14.1. The van der Waals surface area contributed by atoms with Crippen LogP contribution in [0.2, 0.25) is 0 Å². The van der Waals surface area contributed by atoms with Crippen molar-refractivity contribution < 1.29 is 19.5 Å². The maximum Gasteiger partial charge on any atom is 0.273 e. The van der Waals surface area contributed by atoms with E-state index in [-0.39, 0.29) is 28.6 Å². The van der Waals surface area contributed by atoms with Gasteiger partial charge in [-0.15, -0.1) is 0 Å². The molecule has 0 saturated heterocycles. The highest BCUT2D eigenvalue weighted by Crippen LogP contribution is 2.34. The van der Waals surface area contributed by atoms with E-state index < -0.39 is 23.8 Å². The van der Waals surface area contributed by atoms with E-state index >= 15 is 0 Å². The fourth-order valence-electron chi connectivity index (χ4n) is 3.95. The van der Waals surface area contributed by atoms with Crippen molar-refractivity contribution >= 4 is 40.6 Å². The second-order valence-corrected chi connectivity index (χ2v) is 9.55. The molecular formula is C28H27N5O4S. The van der Waals surface area contributed by atoms with Gasteiger partial charge in [-0.3, -0.25) is 19.3 Å². The Morgan fingerprint density at radius 1 is 1.00 bits per heavy atom. The summed E-state index contributed by atoms with van der Waals surface area (Å²) in [6, 6.07) is 19.7. The maximum absolute atomic E-state index is 14.1. The first-order valence-electron chi connectivity index (χ1n) is 11.7. The highest BCUT2D eigenvalue weighted by molar-refractivity contribution is 7.09. The van der Waals surface area contributed by atoms with Crippen LogP contribution in [0.4, 0.5) is 11.4 Å². The number of nitrogen functional groups attached to an aromatic ring is 1. The number of hydrogen-bond donors (Lipinski definition) is 4. The largest absolute Gasteiger partial charge is 0.508 e. The molecular weight excluding hydrogens is 502 g/mol. The molecule has 0 aliphatic rings. The first kappa shape index (κ1) is 26.4. The highest BCUT2D eigenvalue weighted by Gasteiger charge is 2.36. The van der Waals surface area contributed by atoms with Gasteiger partial charge in [-0.25, -0.2) is 0 Å². The van der Waals surface area contributed by atoms with Crippen LogP contribution in [-0.2, 0) is 11.3 Å². The first-order valence-corrected chi connectivity index (χ1v) is 12.5. The second-order valence-electron chi connectivity index (χ2n) is 8.78. The number of carbonyl (C=O) groups excluding carboxylic acids is 3. The Bertz CT molecular complexity index is 1490. The molecule has 10 heteroatoms. The molecule has 3 amide bonds. The van der Waals surface area contributed by atoms with E-state index in [1.807, 2.05) is 50.2 Å². The van der Waals surface area contributed by atoms with Crippen LogP contribution in [0.3, 0.4) is 0 Å². The number of aromatic hydroxyl groups is 1. The molecule has 0 saturated carbocycles. The molecule has 194 valence electrons. The van der Waals surface area contributed by atoms with Crippen molar-refractivity contribution in [2.24, 2.45) is 5.73 Å². The summed E-state index contributed by atoms with van der Waals surface area (Å²) in [4.78, 5) is 41.0. The molecule has 1 atom stereocenters. The van der Waals surface area contributed by atoms with Gasteiger partial charge in [-0.1, -0.05) is 48.5 Å². The van der Waals surface area contributed by atoms with Crippen LogP contribution >= 0.6 is 11.5 Å². The standard InChI is InChI=1S/C28H27N5O4S/c1-16-8-11-20(14-17(16)2)33(28(37)25-22(29)23(26(30)35)32-38-25)24(19-9-12-21(34)13-10-19)27(36)31-15-18-6-4-3-5-7-18/h3-14,24,34H,15,29H2,1-2H3,(H2,30,35)(H,31,36)/t24-/m0/s1. The quantitative estimate of drug-likeness (QED) is 0.272. The third-order valence-corrected chi connectivity index (χ3v) is 7.02. The van der Waals surface area contributed by atoms with Crippen LogP contribution in [0, 0.1) is 13.8 Å². The summed E-state index contributed by atoms with van der Waals surface area (Å²) in [6.45, 7) is 4.08. The average molecular weight is 530 g/mol. The molecule has 0 spiro atoms. The van der Waals surface area contributed by atoms with E-state index in [0.717, 1.165) is 28.2 Å². The summed E-state index contributed by atoms with van der Waals surface area (Å²) >= 11 is 0.741. The predicted molar refractivity (Wildman–Crippen MR) is 147 cm³/mol. The molecule has 0 aliphatic heterocycles. The molecule has 6 N–H and O–H groups in total. The number of nitrogens with zero attached hydrogens (tertiary/aromatic N) is 2. The van der Waals surface area contributed by atoms with Gasteiger partial charge >= 0.3 is 0 Å². The van der Waals surface area contributed by atoms with Crippen LogP contribution in [-0.4, -0.2) is 27.2 Å². The van der Waals surface area contributed by atoms with E-state index in [0.29, 0.717) is 11.3 Å². The molecule has 9 nitrogen and oxygen atoms in total. The zero-order chi connectivity index (χ0) is 27.4. The molecule has 0 unspecified atom stereocenters. The molecule has 38 heavy (non-hydrogen) atoms. The van der Waals surface area contributed by atoms with Gasteiger partial charge < -0.3 is 21.9 Å². The fraction of sp³-hybridized carbons (Fsp3) is 0.143. The molecule has 4 rings (SSSR count). The number of rotatable bonds is 8. The minimum atomic E-state index is -1.15. The summed E-state index contributed by atoms with van der Waals surface area (Å²) < 4.78 is 3.97. The van der Waals surface area contributed by atoms with Crippen molar-refractivity contribution in [2.75, 3.05) is 10.6 Å². The SMILES string of the molecule is Cc1ccc(N(C(=O)c2snc(C(N)=O)c2N)[C@H](C(=O)NCc2ccccc2)c2ccc(O)cc2)cc1C. The number of phenolic OH excluding ortho intramolecular Hbond substituents is 1. The average Bonchev–Trinajstić information content (AvgIpc) is 3.30. The lowest BCUT2D eigenvalue weighted by molar-refractivity contribution is -0.122. The Hall–Kier alpha value is -4.70. The molecule has 1 heterocycles. The highest BCUT2D eigenvalue weighted by atomic mass is 32.1. The van der Waals surface area contributed by atoms with Gasteiger partial charge in [-0.05, 0) is 71.9 Å². The van der Waals surface area contributed by atoms with Gasteiger partial charge in [0.1, 0.15) is 16.7 Å². The minimum absolute atomic E-state index is 0.0130. The number of primary amides is 1. The topological polar surface area (TPSA) is 152 Å². The predicted octanol–water partition coefficient (Wildman–Crippen LogP) is 3.85. The Kier molecular flexibility index (Phi) is 7.73. The van der Waals surface area contributed by atoms with Crippen LogP contribution in [0.1, 0.15) is 48.5 Å². The van der Waals surface area contributed by atoms with Crippen molar-refractivity contribution in [1.82, 2.24) is 9.69 Å². The molecule has 4 aromatic rings. The molecule has 0 bridgehead atoms. The summed E-state index contributed by atoms with van der Waals surface area (Å²) in [7, 11) is 0. The zero-order valence-corrected chi connectivity index (χ0v) is 21.7. The van der Waals surface area contributed by atoms with Gasteiger partial charge in [0.15, 0.2) is 5.69 Å². The lowest BCUT2D eigenvalue weighted by atomic mass is 10.0. The number of benzene rings is 3. The number of carbonyl (C=O) groups is 3. The van der Waals surface area contributed by atoms with Gasteiger partial charge in [0.2, 0.25) is 5.91 Å². The number of nitrogens with two attached hydrogens (primary N) is 2. The van der Waals surface area contributed by atoms with E-state index in [4.69, 9.17) is 11.5 Å². The smallest absolute Gasteiger partial charge is 0.273 e. The Morgan fingerprint density at radius 2 is 1.68 bits per heavy atom. The second kappa shape index (κ2) is 11.1. The zero-order valence-electron chi connectivity index (χ0n) is 20.8. The van der Waals surface area contributed by atoms with Gasteiger partial charge in [-0.2, -0.15) is 4.37 Å².